The molecule has 7 heteroatoms. The molecule has 1 saturated heterocycles. The van der Waals surface area contributed by atoms with E-state index < -0.39 is 0 Å². The maximum absolute atomic E-state index is 13.3. The number of hydrogen-bond acceptors (Lipinski definition) is 5. The smallest absolute Gasteiger partial charge is 0.224 e. The number of ether oxygens (including phenoxy) is 1. The zero-order valence-electron chi connectivity index (χ0n) is 19.6. The molecule has 2 bridgehead atoms. The fraction of sp³-hybridized carbons (Fsp3) is 0.654. The second-order valence-electron chi connectivity index (χ2n) is 10.2. The molecule has 1 aliphatic heterocycles. The Hall–Kier alpha value is -2.41. The van der Waals surface area contributed by atoms with Gasteiger partial charge in [-0.25, -0.2) is 4.98 Å². The molecular weight excluding hydrogens is 416 g/mol. The molecule has 3 aliphatic carbocycles. The largest absolute Gasteiger partial charge is 0.481 e. The lowest BCUT2D eigenvalue weighted by Crippen LogP contribution is -2.44. The lowest BCUT2D eigenvalue weighted by molar-refractivity contribution is -0.135. The van der Waals surface area contributed by atoms with Crippen molar-refractivity contribution in [3.05, 3.63) is 36.0 Å². The fourth-order valence-electron chi connectivity index (χ4n) is 6.48. The van der Waals surface area contributed by atoms with Gasteiger partial charge in [-0.2, -0.15) is 0 Å². The van der Waals surface area contributed by atoms with E-state index in [4.69, 9.17) is 4.74 Å². The van der Waals surface area contributed by atoms with Gasteiger partial charge >= 0.3 is 0 Å². The summed E-state index contributed by atoms with van der Waals surface area (Å²) >= 11 is 0. The molecule has 2 saturated carbocycles. The van der Waals surface area contributed by atoms with Gasteiger partial charge in [0.15, 0.2) is 0 Å². The van der Waals surface area contributed by atoms with Crippen LogP contribution in [0.15, 0.2) is 30.5 Å². The summed E-state index contributed by atoms with van der Waals surface area (Å²) in [6.45, 7) is 4.67. The van der Waals surface area contributed by atoms with Gasteiger partial charge in [0.1, 0.15) is 0 Å². The summed E-state index contributed by atoms with van der Waals surface area (Å²) in [5.74, 6) is 0.421. The number of allylic oxidation sites excluding steroid dienone is 2. The fourth-order valence-corrected chi connectivity index (χ4v) is 6.48. The van der Waals surface area contributed by atoms with Crippen molar-refractivity contribution in [3.63, 3.8) is 0 Å². The van der Waals surface area contributed by atoms with E-state index in [0.29, 0.717) is 19.0 Å². The first-order chi connectivity index (χ1) is 16.1. The highest BCUT2D eigenvalue weighted by atomic mass is 16.5. The molecular formula is C26H36N4O3. The summed E-state index contributed by atoms with van der Waals surface area (Å²) in [5, 5.41) is 6.27. The second-order valence-corrected chi connectivity index (χ2v) is 10.2. The Labute approximate surface area is 196 Å². The van der Waals surface area contributed by atoms with Gasteiger partial charge in [-0.15, -0.1) is 0 Å². The predicted octanol–water partition coefficient (Wildman–Crippen LogP) is 2.53. The van der Waals surface area contributed by atoms with Crippen LogP contribution in [0.5, 0.6) is 5.88 Å². The molecule has 1 aromatic heterocycles. The Bertz CT molecular complexity index is 907. The van der Waals surface area contributed by atoms with E-state index in [-0.39, 0.29) is 40.9 Å². The number of nitrogens with zero attached hydrogens (tertiary/aromatic N) is 2. The highest BCUT2D eigenvalue weighted by molar-refractivity contribution is 5.90. The number of nitrogens with one attached hydrogen (secondary N) is 2. The van der Waals surface area contributed by atoms with Gasteiger partial charge < -0.3 is 20.3 Å². The molecule has 1 aromatic rings. The SMILES string of the molecule is COc1cc(CNC(=O)[C@H]2[C@H](C(=O)NCCCCN3CCCC3)[C@H]3C=C[C@@H]2C32CC2)ccn1. The third-order valence-electron chi connectivity index (χ3n) is 8.32. The quantitative estimate of drug-likeness (QED) is 0.421. The number of unbranched alkanes of at least 4 members (excludes halogenated alkanes) is 1. The highest BCUT2D eigenvalue weighted by Gasteiger charge is 2.69. The van der Waals surface area contributed by atoms with Crippen LogP contribution in [0.1, 0.15) is 44.1 Å². The molecule has 4 atom stereocenters. The minimum absolute atomic E-state index is 0.0110. The monoisotopic (exact) mass is 452 g/mol. The summed E-state index contributed by atoms with van der Waals surface area (Å²) in [6.07, 6.45) is 13.1. The van der Waals surface area contributed by atoms with Gasteiger partial charge in [0.2, 0.25) is 17.7 Å². The van der Waals surface area contributed by atoms with E-state index in [9.17, 15) is 9.59 Å². The first-order valence-corrected chi connectivity index (χ1v) is 12.6. The van der Waals surface area contributed by atoms with E-state index >= 15 is 0 Å². The number of pyridine rings is 1. The van der Waals surface area contributed by atoms with Crippen LogP contribution in [0.4, 0.5) is 0 Å². The summed E-state index contributed by atoms with van der Waals surface area (Å²) < 4.78 is 5.18. The first-order valence-electron chi connectivity index (χ1n) is 12.6. The molecule has 5 rings (SSSR count). The highest BCUT2D eigenvalue weighted by Crippen LogP contribution is 2.72. The molecule has 2 N–H and O–H groups in total. The van der Waals surface area contributed by atoms with Gasteiger partial charge in [0.25, 0.3) is 0 Å². The zero-order valence-corrected chi connectivity index (χ0v) is 19.6. The second kappa shape index (κ2) is 9.45. The average Bonchev–Trinajstić information content (AvgIpc) is 3.19. The summed E-state index contributed by atoms with van der Waals surface area (Å²) in [6, 6.07) is 3.70. The zero-order chi connectivity index (χ0) is 22.8. The van der Waals surface area contributed by atoms with Crippen LogP contribution < -0.4 is 15.4 Å². The van der Waals surface area contributed by atoms with Gasteiger partial charge in [0.05, 0.1) is 18.9 Å². The molecule has 4 aliphatic rings. The first kappa shape index (κ1) is 22.4. The Kier molecular flexibility index (Phi) is 6.41. The number of rotatable bonds is 10. The Morgan fingerprint density at radius 3 is 2.45 bits per heavy atom. The van der Waals surface area contributed by atoms with Crippen LogP contribution in [-0.2, 0) is 16.1 Å². The van der Waals surface area contributed by atoms with Crippen LogP contribution in [-0.4, -0.2) is 55.0 Å². The molecule has 0 aromatic carbocycles. The van der Waals surface area contributed by atoms with Crippen molar-refractivity contribution in [1.29, 1.82) is 0 Å². The molecule has 0 radical (unpaired) electrons. The van der Waals surface area contributed by atoms with Crippen LogP contribution in [0.3, 0.4) is 0 Å². The number of hydrogen-bond donors (Lipinski definition) is 2. The molecule has 3 fully saturated rings. The lowest BCUT2D eigenvalue weighted by atomic mass is 9.81. The van der Waals surface area contributed by atoms with Gasteiger partial charge in [0, 0.05) is 25.4 Å². The van der Waals surface area contributed by atoms with Crippen molar-refractivity contribution in [3.8, 4) is 5.88 Å². The summed E-state index contributed by atoms with van der Waals surface area (Å²) in [4.78, 5) is 33.3. The third-order valence-corrected chi connectivity index (χ3v) is 8.32. The molecule has 178 valence electrons. The van der Waals surface area contributed by atoms with Crippen molar-refractivity contribution in [2.24, 2.45) is 29.1 Å². The number of carbonyl (C=O) groups is 2. The third kappa shape index (κ3) is 4.39. The van der Waals surface area contributed by atoms with Gasteiger partial charge in [-0.3, -0.25) is 9.59 Å². The molecule has 1 spiro atoms. The topological polar surface area (TPSA) is 83.6 Å². The van der Waals surface area contributed by atoms with Crippen molar-refractivity contribution in [2.75, 3.05) is 33.3 Å². The maximum atomic E-state index is 13.3. The van der Waals surface area contributed by atoms with Crippen molar-refractivity contribution in [2.45, 2.75) is 45.1 Å². The summed E-state index contributed by atoms with van der Waals surface area (Å²) in [5.41, 5.74) is 1.09. The summed E-state index contributed by atoms with van der Waals surface area (Å²) in [7, 11) is 1.58. The van der Waals surface area contributed by atoms with Crippen LogP contribution in [0, 0.1) is 29.1 Å². The molecule has 2 heterocycles. The van der Waals surface area contributed by atoms with Crippen LogP contribution in [0.25, 0.3) is 0 Å². The van der Waals surface area contributed by atoms with E-state index in [1.165, 1.54) is 25.9 Å². The molecule has 7 nitrogen and oxygen atoms in total. The lowest BCUT2D eigenvalue weighted by Gasteiger charge is -2.26. The standard InChI is InChI=1S/C26H36N4O3/c1-33-21-16-18(8-12-27-21)17-29-25(32)23-20-7-6-19(26(20)9-10-26)22(23)24(31)28-11-2-3-13-30-14-4-5-15-30/h6-8,12,16,19-20,22-23H,2-5,9-11,13-15,17H2,1H3,(H,28,31)(H,29,32)/t19-,20+,22-,23-/m1/s1. The van der Waals surface area contributed by atoms with Crippen molar-refractivity contribution < 1.29 is 14.3 Å². The molecule has 33 heavy (non-hydrogen) atoms. The van der Waals surface area contributed by atoms with Crippen molar-refractivity contribution >= 4 is 11.8 Å². The van der Waals surface area contributed by atoms with Crippen molar-refractivity contribution in [1.82, 2.24) is 20.5 Å². The average molecular weight is 453 g/mol. The number of methoxy groups -OCH3 is 1. The molecule has 2 amide bonds. The Balaban J connectivity index is 1.18. The van der Waals surface area contributed by atoms with Crippen LogP contribution >= 0.6 is 0 Å². The van der Waals surface area contributed by atoms with Gasteiger partial charge in [-0.1, -0.05) is 12.2 Å². The van der Waals surface area contributed by atoms with E-state index in [2.05, 4.69) is 32.7 Å². The van der Waals surface area contributed by atoms with E-state index in [0.717, 1.165) is 37.8 Å². The van der Waals surface area contributed by atoms with E-state index in [1.54, 1.807) is 13.3 Å². The maximum Gasteiger partial charge on any atom is 0.224 e. The number of aromatic nitrogens is 1. The van der Waals surface area contributed by atoms with E-state index in [1.807, 2.05) is 12.1 Å². The predicted molar refractivity (Wildman–Crippen MR) is 125 cm³/mol. The Morgan fingerprint density at radius 2 is 1.79 bits per heavy atom. The minimum atomic E-state index is -0.282. The normalized spacial score (nSPS) is 28.9. The van der Waals surface area contributed by atoms with Gasteiger partial charge in [-0.05, 0) is 87.0 Å². The minimum Gasteiger partial charge on any atom is -0.481 e. The number of likely N-dealkylation sites (tertiary alicyclic amines) is 1. The molecule has 0 unspecified atom stereocenters. The number of amides is 2. The Morgan fingerprint density at radius 1 is 1.09 bits per heavy atom. The number of carbonyl (C=O) groups excluding carboxylic acids is 2. The van der Waals surface area contributed by atoms with Crippen LogP contribution in [0.2, 0.25) is 0 Å².